The van der Waals surface area contributed by atoms with Crippen LogP contribution in [0, 0.1) is 0 Å². The van der Waals surface area contributed by atoms with Gasteiger partial charge in [-0.05, 0) is 39.2 Å². The van der Waals surface area contributed by atoms with E-state index in [-0.39, 0.29) is 11.9 Å². The first-order chi connectivity index (χ1) is 14.1. The van der Waals surface area contributed by atoms with Gasteiger partial charge in [0.2, 0.25) is 17.7 Å². The highest BCUT2D eigenvalue weighted by atomic mass is 16.4. The number of nitrogens with one attached hydrogen (secondary N) is 3. The van der Waals surface area contributed by atoms with Crippen molar-refractivity contribution in [2.24, 2.45) is 0 Å². The van der Waals surface area contributed by atoms with Gasteiger partial charge in [0.15, 0.2) is 6.04 Å². The number of aliphatic hydroxyl groups excluding tert-OH is 1. The second kappa shape index (κ2) is 10.3. The Bertz CT molecular complexity index is 692. The van der Waals surface area contributed by atoms with E-state index in [1.165, 1.54) is 4.90 Å². The summed E-state index contributed by atoms with van der Waals surface area (Å²) in [6.07, 6.45) is 0.273. The number of amides is 3. The van der Waals surface area contributed by atoms with Crippen molar-refractivity contribution in [2.45, 2.75) is 69.3 Å². The molecule has 3 amide bonds. The summed E-state index contributed by atoms with van der Waals surface area (Å²) in [5, 5.41) is 35.1. The maximum atomic E-state index is 12.8. The van der Waals surface area contributed by atoms with Crippen LogP contribution >= 0.6 is 0 Å². The van der Waals surface area contributed by atoms with Crippen molar-refractivity contribution in [1.82, 2.24) is 20.9 Å². The number of rotatable bonds is 9. The Morgan fingerprint density at radius 3 is 2.33 bits per heavy atom. The van der Waals surface area contributed by atoms with Crippen LogP contribution in [0.3, 0.4) is 0 Å². The summed E-state index contributed by atoms with van der Waals surface area (Å²) in [6, 6.07) is -4.42. The molecule has 0 aromatic carbocycles. The van der Waals surface area contributed by atoms with Gasteiger partial charge in [-0.15, -0.1) is 0 Å². The van der Waals surface area contributed by atoms with Crippen LogP contribution in [0.4, 0.5) is 0 Å². The number of aliphatic hydroxyl groups is 1. The molecule has 12 heteroatoms. The van der Waals surface area contributed by atoms with Crippen molar-refractivity contribution in [3.63, 3.8) is 0 Å². The Hall–Kier alpha value is -2.73. The molecule has 30 heavy (non-hydrogen) atoms. The van der Waals surface area contributed by atoms with Gasteiger partial charge in [-0.25, -0.2) is 4.79 Å². The van der Waals surface area contributed by atoms with E-state index >= 15 is 0 Å². The van der Waals surface area contributed by atoms with Crippen molar-refractivity contribution in [3.8, 4) is 0 Å². The average molecular weight is 428 g/mol. The third-order valence-electron chi connectivity index (χ3n) is 5.25. The number of hydrogen-bond acceptors (Lipinski definition) is 7. The molecule has 0 radical (unpaired) electrons. The summed E-state index contributed by atoms with van der Waals surface area (Å²) >= 11 is 0. The zero-order chi connectivity index (χ0) is 22.4. The average Bonchev–Trinajstić information content (AvgIpc) is 3.35. The first kappa shape index (κ1) is 23.5. The maximum Gasteiger partial charge on any atom is 0.328 e. The molecule has 6 N–H and O–H groups in total. The number of likely N-dealkylation sites (tertiary alicyclic amines) is 1. The number of carbonyl (C=O) groups is 5. The Kier molecular flexibility index (Phi) is 8.12. The molecule has 2 saturated heterocycles. The van der Waals surface area contributed by atoms with E-state index in [0.29, 0.717) is 25.8 Å². The Morgan fingerprint density at radius 2 is 1.80 bits per heavy atom. The van der Waals surface area contributed by atoms with E-state index in [0.717, 1.165) is 19.9 Å². The lowest BCUT2D eigenvalue weighted by molar-refractivity contribution is -0.146. The van der Waals surface area contributed by atoms with E-state index in [2.05, 4.69) is 10.6 Å². The van der Waals surface area contributed by atoms with Crippen LogP contribution < -0.4 is 16.0 Å². The summed E-state index contributed by atoms with van der Waals surface area (Å²) in [4.78, 5) is 61.6. The second-order valence-corrected chi connectivity index (χ2v) is 7.56. The van der Waals surface area contributed by atoms with Gasteiger partial charge in [-0.3, -0.25) is 19.2 Å². The first-order valence-electron chi connectivity index (χ1n) is 9.89. The lowest BCUT2D eigenvalue weighted by Crippen LogP contribution is -2.58. The van der Waals surface area contributed by atoms with E-state index in [1.54, 1.807) is 0 Å². The summed E-state index contributed by atoms with van der Waals surface area (Å²) in [5.74, 6) is -4.81. The molecule has 168 valence electrons. The predicted octanol–water partition coefficient (Wildman–Crippen LogP) is -2.36. The zero-order valence-electron chi connectivity index (χ0n) is 16.7. The molecule has 12 nitrogen and oxygen atoms in total. The molecule has 2 aliphatic rings. The fraction of sp³-hybridized carbons (Fsp3) is 0.722. The zero-order valence-corrected chi connectivity index (χ0v) is 16.7. The Labute approximate surface area is 173 Å². The number of hydrogen-bond donors (Lipinski definition) is 6. The van der Waals surface area contributed by atoms with Crippen LogP contribution in [-0.4, -0.2) is 93.2 Å². The molecule has 0 aliphatic carbocycles. The van der Waals surface area contributed by atoms with E-state index < -0.39 is 54.4 Å². The minimum Gasteiger partial charge on any atom is -0.481 e. The van der Waals surface area contributed by atoms with Crippen molar-refractivity contribution >= 4 is 29.7 Å². The minimum atomic E-state index is -1.66. The van der Waals surface area contributed by atoms with Gasteiger partial charge in [-0.1, -0.05) is 0 Å². The molecule has 0 bridgehead atoms. The van der Waals surface area contributed by atoms with Crippen molar-refractivity contribution in [2.75, 3.05) is 13.1 Å². The molecule has 2 aliphatic heterocycles. The molecule has 0 spiro atoms. The van der Waals surface area contributed by atoms with Crippen LogP contribution in [0.25, 0.3) is 0 Å². The van der Waals surface area contributed by atoms with Gasteiger partial charge in [0, 0.05) is 6.54 Å². The fourth-order valence-electron chi connectivity index (χ4n) is 3.69. The SMILES string of the molecule is CC(O)C(NC(=O)C(CC(=O)O)NC(=O)C1CCCN1C(=O)C1CCCN1)C(=O)O. The largest absolute Gasteiger partial charge is 0.481 e. The number of aliphatic carboxylic acids is 2. The smallest absolute Gasteiger partial charge is 0.328 e. The van der Waals surface area contributed by atoms with E-state index in [9.17, 15) is 29.1 Å². The summed E-state index contributed by atoms with van der Waals surface area (Å²) in [5.41, 5.74) is 0. The third-order valence-corrected chi connectivity index (χ3v) is 5.25. The van der Waals surface area contributed by atoms with E-state index in [1.807, 2.05) is 5.32 Å². The van der Waals surface area contributed by atoms with Crippen LogP contribution in [-0.2, 0) is 24.0 Å². The molecule has 2 fully saturated rings. The molecular formula is C18H28N4O8. The highest BCUT2D eigenvalue weighted by molar-refractivity contribution is 5.96. The molecule has 0 aromatic heterocycles. The maximum absolute atomic E-state index is 12.8. The van der Waals surface area contributed by atoms with Crippen molar-refractivity contribution in [3.05, 3.63) is 0 Å². The summed E-state index contributed by atoms with van der Waals surface area (Å²) < 4.78 is 0. The normalized spacial score (nSPS) is 24.0. The topological polar surface area (TPSA) is 185 Å². The highest BCUT2D eigenvalue weighted by Crippen LogP contribution is 2.21. The first-order valence-corrected chi connectivity index (χ1v) is 9.89. The molecule has 0 saturated carbocycles. The van der Waals surface area contributed by atoms with Crippen molar-refractivity contribution < 1.29 is 39.3 Å². The van der Waals surface area contributed by atoms with Gasteiger partial charge in [0.05, 0.1) is 18.6 Å². The summed E-state index contributed by atoms with van der Waals surface area (Å²) in [6.45, 7) is 2.26. The van der Waals surface area contributed by atoms with Crippen LogP contribution in [0.2, 0.25) is 0 Å². The Morgan fingerprint density at radius 1 is 1.10 bits per heavy atom. The predicted molar refractivity (Wildman–Crippen MR) is 101 cm³/mol. The van der Waals surface area contributed by atoms with Gasteiger partial charge < -0.3 is 36.2 Å². The number of nitrogens with zero attached hydrogens (tertiary/aromatic N) is 1. The minimum absolute atomic E-state index is 0.204. The van der Waals surface area contributed by atoms with Gasteiger partial charge in [-0.2, -0.15) is 0 Å². The fourth-order valence-corrected chi connectivity index (χ4v) is 3.69. The second-order valence-electron chi connectivity index (χ2n) is 7.56. The molecule has 2 heterocycles. The lowest BCUT2D eigenvalue weighted by Gasteiger charge is -2.28. The van der Waals surface area contributed by atoms with Crippen molar-refractivity contribution in [1.29, 1.82) is 0 Å². The quantitative estimate of drug-likeness (QED) is 0.234. The molecule has 5 unspecified atom stereocenters. The molecule has 5 atom stereocenters. The van der Waals surface area contributed by atoms with Crippen LogP contribution in [0.5, 0.6) is 0 Å². The van der Waals surface area contributed by atoms with Gasteiger partial charge in [0.1, 0.15) is 12.1 Å². The van der Waals surface area contributed by atoms with Crippen LogP contribution in [0.1, 0.15) is 39.0 Å². The van der Waals surface area contributed by atoms with E-state index in [4.69, 9.17) is 10.2 Å². The molecular weight excluding hydrogens is 400 g/mol. The lowest BCUT2D eigenvalue weighted by atomic mass is 10.1. The van der Waals surface area contributed by atoms with Gasteiger partial charge in [0.25, 0.3) is 0 Å². The standard InChI is InChI=1S/C18H28N4O8/c1-9(23)14(18(29)30)21-15(26)11(8-13(24)25)20-16(27)12-5-3-7-22(12)17(28)10-4-2-6-19-10/h9-12,14,19,23H,2-8H2,1H3,(H,20,27)(H,21,26)(H,24,25)(H,29,30). The van der Waals surface area contributed by atoms with Crippen LogP contribution in [0.15, 0.2) is 0 Å². The number of carbonyl (C=O) groups excluding carboxylic acids is 3. The molecule has 2 rings (SSSR count). The third kappa shape index (κ3) is 5.89. The number of carboxylic acids is 2. The van der Waals surface area contributed by atoms with Gasteiger partial charge >= 0.3 is 11.9 Å². The summed E-state index contributed by atoms with van der Waals surface area (Å²) in [7, 11) is 0. The monoisotopic (exact) mass is 428 g/mol. The Balaban J connectivity index is 2.08. The number of carboxylic acid groups (broad SMARTS) is 2. The highest BCUT2D eigenvalue weighted by Gasteiger charge is 2.39. The molecule has 0 aromatic rings.